The fourth-order valence-electron chi connectivity index (χ4n) is 1.55. The lowest BCUT2D eigenvalue weighted by atomic mass is 10.1. The highest BCUT2D eigenvalue weighted by Gasteiger charge is 2.35. The number of nitrogens with zero attached hydrogens (tertiary/aromatic N) is 2. The number of rotatable bonds is 3. The zero-order valence-corrected chi connectivity index (χ0v) is 8.97. The first-order valence-corrected chi connectivity index (χ1v) is 5.12. The molecule has 5 heteroatoms. The number of aromatic nitrogens is 2. The Hall–Kier alpha value is -1.36. The molecule has 0 radical (unpaired) electrons. The van der Waals surface area contributed by atoms with Gasteiger partial charge in [-0.25, -0.2) is 0 Å². The van der Waals surface area contributed by atoms with E-state index in [0.717, 1.165) is 12.0 Å². The molecule has 3 N–H and O–H groups in total. The zero-order chi connectivity index (χ0) is 11.0. The number of aryl methyl sites for hydroxylation is 1. The Labute approximate surface area is 88.6 Å². The van der Waals surface area contributed by atoms with Gasteiger partial charge in [-0.05, 0) is 12.3 Å². The molecule has 2 rings (SSSR count). The Bertz CT molecular complexity index is 373. The van der Waals surface area contributed by atoms with Crippen LogP contribution in [0.15, 0.2) is 12.4 Å². The summed E-state index contributed by atoms with van der Waals surface area (Å²) in [5.41, 5.74) is 6.56. The topological polar surface area (TPSA) is 72.9 Å². The van der Waals surface area contributed by atoms with Crippen molar-refractivity contribution in [2.24, 2.45) is 18.7 Å². The van der Waals surface area contributed by atoms with Crippen LogP contribution < -0.4 is 11.1 Å². The molecule has 15 heavy (non-hydrogen) atoms. The average Bonchev–Trinajstić information content (AvgIpc) is 2.71. The highest BCUT2D eigenvalue weighted by Crippen LogP contribution is 2.29. The molecule has 1 aliphatic rings. The SMILES string of the molecule is CC1CC1NC(=O)C(N)c1cnn(C)c1. The van der Waals surface area contributed by atoms with Gasteiger partial charge < -0.3 is 11.1 Å². The fourth-order valence-corrected chi connectivity index (χ4v) is 1.55. The number of hydrogen-bond donors (Lipinski definition) is 2. The molecule has 3 unspecified atom stereocenters. The summed E-state index contributed by atoms with van der Waals surface area (Å²) in [5, 5.41) is 6.90. The molecular formula is C10H16N4O. The van der Waals surface area contributed by atoms with Crippen LogP contribution in [0.3, 0.4) is 0 Å². The van der Waals surface area contributed by atoms with E-state index in [1.165, 1.54) is 0 Å². The van der Waals surface area contributed by atoms with Crippen molar-refractivity contribution in [3.05, 3.63) is 18.0 Å². The largest absolute Gasteiger partial charge is 0.351 e. The Balaban J connectivity index is 1.95. The van der Waals surface area contributed by atoms with E-state index in [0.29, 0.717) is 12.0 Å². The maximum Gasteiger partial charge on any atom is 0.241 e. The number of carbonyl (C=O) groups excluding carboxylic acids is 1. The zero-order valence-electron chi connectivity index (χ0n) is 8.97. The lowest BCUT2D eigenvalue weighted by Crippen LogP contribution is -2.35. The maximum absolute atomic E-state index is 11.7. The molecule has 1 aromatic heterocycles. The Morgan fingerprint density at radius 1 is 1.80 bits per heavy atom. The number of amides is 1. The molecule has 1 fully saturated rings. The molecule has 0 saturated heterocycles. The number of nitrogens with two attached hydrogens (primary N) is 1. The van der Waals surface area contributed by atoms with Gasteiger partial charge in [0.05, 0.1) is 6.20 Å². The van der Waals surface area contributed by atoms with Crippen LogP contribution in [-0.4, -0.2) is 21.7 Å². The van der Waals surface area contributed by atoms with Crippen LogP contribution in [0, 0.1) is 5.92 Å². The number of carbonyl (C=O) groups is 1. The fraction of sp³-hybridized carbons (Fsp3) is 0.600. The summed E-state index contributed by atoms with van der Waals surface area (Å²) in [5.74, 6) is 0.479. The summed E-state index contributed by atoms with van der Waals surface area (Å²) in [6.07, 6.45) is 4.45. The molecule has 82 valence electrons. The first kappa shape index (κ1) is 10.2. The molecule has 3 atom stereocenters. The van der Waals surface area contributed by atoms with Crippen LogP contribution in [0.25, 0.3) is 0 Å². The highest BCUT2D eigenvalue weighted by atomic mass is 16.2. The smallest absolute Gasteiger partial charge is 0.241 e. The molecule has 1 amide bonds. The summed E-state index contributed by atoms with van der Waals surface area (Å²) in [4.78, 5) is 11.7. The average molecular weight is 208 g/mol. The third kappa shape index (κ3) is 2.18. The van der Waals surface area contributed by atoms with E-state index in [4.69, 9.17) is 5.73 Å². The van der Waals surface area contributed by atoms with Gasteiger partial charge in [0, 0.05) is 24.8 Å². The molecule has 1 aromatic rings. The molecular weight excluding hydrogens is 192 g/mol. The van der Waals surface area contributed by atoms with Gasteiger partial charge in [-0.3, -0.25) is 9.48 Å². The first-order valence-electron chi connectivity index (χ1n) is 5.12. The van der Waals surface area contributed by atoms with E-state index < -0.39 is 6.04 Å². The van der Waals surface area contributed by atoms with E-state index in [1.54, 1.807) is 24.1 Å². The van der Waals surface area contributed by atoms with Gasteiger partial charge >= 0.3 is 0 Å². The molecule has 1 saturated carbocycles. The van der Waals surface area contributed by atoms with Crippen molar-refractivity contribution in [3.8, 4) is 0 Å². The van der Waals surface area contributed by atoms with Crippen molar-refractivity contribution in [3.63, 3.8) is 0 Å². The van der Waals surface area contributed by atoms with Crippen LogP contribution in [0.2, 0.25) is 0 Å². The quantitative estimate of drug-likeness (QED) is 0.731. The Morgan fingerprint density at radius 3 is 2.93 bits per heavy atom. The number of hydrogen-bond acceptors (Lipinski definition) is 3. The molecule has 5 nitrogen and oxygen atoms in total. The van der Waals surface area contributed by atoms with E-state index in [9.17, 15) is 4.79 Å². The summed E-state index contributed by atoms with van der Waals surface area (Å²) < 4.78 is 1.64. The van der Waals surface area contributed by atoms with Crippen LogP contribution in [0.1, 0.15) is 24.9 Å². The molecule has 1 aliphatic carbocycles. The second-order valence-electron chi connectivity index (χ2n) is 4.25. The molecule has 1 heterocycles. The van der Waals surface area contributed by atoms with E-state index >= 15 is 0 Å². The maximum atomic E-state index is 11.7. The van der Waals surface area contributed by atoms with Gasteiger partial charge in [-0.1, -0.05) is 6.92 Å². The predicted molar refractivity (Wildman–Crippen MR) is 55.8 cm³/mol. The predicted octanol–water partition coefficient (Wildman–Crippen LogP) is -0.0555. The van der Waals surface area contributed by atoms with Crippen LogP contribution in [0.5, 0.6) is 0 Å². The molecule has 0 aromatic carbocycles. The van der Waals surface area contributed by atoms with Gasteiger partial charge in [0.2, 0.25) is 5.91 Å². The highest BCUT2D eigenvalue weighted by molar-refractivity contribution is 5.83. The Kier molecular flexibility index (Phi) is 2.48. The minimum absolute atomic E-state index is 0.114. The summed E-state index contributed by atoms with van der Waals surface area (Å²) >= 11 is 0. The van der Waals surface area contributed by atoms with E-state index in [-0.39, 0.29) is 5.91 Å². The van der Waals surface area contributed by atoms with E-state index in [1.807, 2.05) is 0 Å². The minimum Gasteiger partial charge on any atom is -0.351 e. The normalized spacial score (nSPS) is 26.1. The van der Waals surface area contributed by atoms with Crippen LogP contribution >= 0.6 is 0 Å². The van der Waals surface area contributed by atoms with Crippen LogP contribution in [0.4, 0.5) is 0 Å². The van der Waals surface area contributed by atoms with Crippen molar-refractivity contribution >= 4 is 5.91 Å². The van der Waals surface area contributed by atoms with Gasteiger partial charge in [-0.2, -0.15) is 5.10 Å². The van der Waals surface area contributed by atoms with Crippen molar-refractivity contribution in [2.45, 2.75) is 25.4 Å². The Morgan fingerprint density at radius 2 is 2.47 bits per heavy atom. The monoisotopic (exact) mass is 208 g/mol. The van der Waals surface area contributed by atoms with E-state index in [2.05, 4.69) is 17.3 Å². The lowest BCUT2D eigenvalue weighted by Gasteiger charge is -2.09. The van der Waals surface area contributed by atoms with Gasteiger partial charge in [0.25, 0.3) is 0 Å². The van der Waals surface area contributed by atoms with Crippen molar-refractivity contribution < 1.29 is 4.79 Å². The number of nitrogens with one attached hydrogen (secondary N) is 1. The van der Waals surface area contributed by atoms with Crippen molar-refractivity contribution in [1.29, 1.82) is 0 Å². The summed E-state index contributed by atoms with van der Waals surface area (Å²) in [7, 11) is 1.80. The van der Waals surface area contributed by atoms with Gasteiger partial charge in [0.1, 0.15) is 6.04 Å². The standard InChI is InChI=1S/C10H16N4O/c1-6-3-8(6)13-10(15)9(11)7-4-12-14(2)5-7/h4-6,8-9H,3,11H2,1-2H3,(H,13,15). The molecule has 0 spiro atoms. The van der Waals surface area contributed by atoms with Gasteiger partial charge in [0.15, 0.2) is 0 Å². The van der Waals surface area contributed by atoms with Crippen molar-refractivity contribution in [2.75, 3.05) is 0 Å². The summed E-state index contributed by atoms with van der Waals surface area (Å²) in [6.45, 7) is 2.11. The second kappa shape index (κ2) is 3.66. The molecule has 0 aliphatic heterocycles. The lowest BCUT2D eigenvalue weighted by molar-refractivity contribution is -0.122. The molecule has 0 bridgehead atoms. The van der Waals surface area contributed by atoms with Gasteiger partial charge in [-0.15, -0.1) is 0 Å². The van der Waals surface area contributed by atoms with Crippen LogP contribution in [-0.2, 0) is 11.8 Å². The second-order valence-corrected chi connectivity index (χ2v) is 4.25. The first-order chi connectivity index (χ1) is 7.08. The van der Waals surface area contributed by atoms with Crippen molar-refractivity contribution in [1.82, 2.24) is 15.1 Å². The minimum atomic E-state index is -0.605. The summed E-state index contributed by atoms with van der Waals surface area (Å²) in [6, 6.07) is -0.285. The third-order valence-electron chi connectivity index (χ3n) is 2.80. The third-order valence-corrected chi connectivity index (χ3v) is 2.80.